The van der Waals surface area contributed by atoms with Gasteiger partial charge in [0.05, 0.1) is 12.7 Å². The van der Waals surface area contributed by atoms with Crippen LogP contribution in [0.1, 0.15) is 0 Å². The maximum atomic E-state index is 12.2. The molecule has 1 amide bonds. The van der Waals surface area contributed by atoms with Gasteiger partial charge in [0.25, 0.3) is 0 Å². The van der Waals surface area contributed by atoms with Crippen LogP contribution in [-0.2, 0) is 23.9 Å². The van der Waals surface area contributed by atoms with Gasteiger partial charge in [-0.2, -0.15) is 0 Å². The first kappa shape index (κ1) is 17.7. The van der Waals surface area contributed by atoms with E-state index in [-0.39, 0.29) is 17.0 Å². The van der Waals surface area contributed by atoms with Crippen molar-refractivity contribution >= 4 is 64.4 Å². The second kappa shape index (κ2) is 6.45. The Bertz CT molecular complexity index is 562. The number of fused-ring (bicyclic) bond motifs is 1. The van der Waals surface area contributed by atoms with Crippen molar-refractivity contribution in [1.29, 1.82) is 0 Å². The molecule has 2 heterocycles. The maximum Gasteiger partial charge on any atom is 0.355 e. The topological polar surface area (TPSA) is 98.9 Å². The van der Waals surface area contributed by atoms with Crippen LogP contribution >= 0.6 is 46.6 Å². The van der Waals surface area contributed by atoms with Gasteiger partial charge in [-0.15, -0.1) is 11.8 Å². The third-order valence-corrected chi connectivity index (χ3v) is 4.63. The number of nitrogens with two attached hydrogens (primary N) is 1. The van der Waals surface area contributed by atoms with E-state index in [1.165, 1.54) is 18.9 Å². The number of carbonyl (C=O) groups is 3. The number of hydrogen-bond acceptors (Lipinski definition) is 7. The quantitative estimate of drug-likeness (QED) is 0.428. The number of alkyl halides is 3. The summed E-state index contributed by atoms with van der Waals surface area (Å²) in [6.45, 7) is -0.527. The van der Waals surface area contributed by atoms with Gasteiger partial charge in [0.15, 0.2) is 0 Å². The lowest BCUT2D eigenvalue weighted by molar-refractivity contribution is -0.151. The minimum Gasteiger partial charge on any atom is -0.466 e. The van der Waals surface area contributed by atoms with E-state index < -0.39 is 39.7 Å². The Morgan fingerprint density at radius 3 is 2.59 bits per heavy atom. The molecule has 0 aromatic heterocycles. The molecule has 0 aromatic carbocycles. The van der Waals surface area contributed by atoms with E-state index in [0.29, 0.717) is 0 Å². The summed E-state index contributed by atoms with van der Waals surface area (Å²) in [6.07, 6.45) is 0. The molecule has 0 radical (unpaired) electrons. The Hall–Kier alpha value is -0.670. The Labute approximate surface area is 145 Å². The van der Waals surface area contributed by atoms with Crippen molar-refractivity contribution in [1.82, 2.24) is 4.90 Å². The fourth-order valence-electron chi connectivity index (χ4n) is 2.00. The van der Waals surface area contributed by atoms with Crippen molar-refractivity contribution in [2.45, 2.75) is 15.2 Å². The van der Waals surface area contributed by atoms with Gasteiger partial charge >= 0.3 is 11.9 Å². The van der Waals surface area contributed by atoms with Crippen molar-refractivity contribution < 1.29 is 23.9 Å². The number of carbonyl (C=O) groups excluding carboxylic acids is 3. The lowest BCUT2D eigenvalue weighted by Gasteiger charge is -2.47. The molecule has 2 aliphatic rings. The lowest BCUT2D eigenvalue weighted by Crippen LogP contribution is -2.68. The number of β-lactam (4-membered cyclic amide) rings is 1. The van der Waals surface area contributed by atoms with E-state index in [0.717, 1.165) is 4.90 Å². The summed E-state index contributed by atoms with van der Waals surface area (Å²) in [5, 5.41) is -0.434. The Morgan fingerprint density at radius 2 is 2.05 bits per heavy atom. The van der Waals surface area contributed by atoms with Gasteiger partial charge in [-0.3, -0.25) is 9.69 Å². The predicted molar refractivity (Wildman–Crippen MR) is 81.4 cm³/mol. The van der Waals surface area contributed by atoms with Gasteiger partial charge in [-0.1, -0.05) is 34.8 Å². The van der Waals surface area contributed by atoms with Gasteiger partial charge < -0.3 is 15.2 Å². The molecule has 2 rings (SSSR count). The molecule has 122 valence electrons. The first-order valence-corrected chi connectivity index (χ1v) is 8.11. The van der Waals surface area contributed by atoms with E-state index in [2.05, 4.69) is 4.74 Å². The molecule has 0 aromatic rings. The van der Waals surface area contributed by atoms with Crippen molar-refractivity contribution in [3.8, 4) is 0 Å². The smallest absolute Gasteiger partial charge is 0.355 e. The molecule has 1 saturated heterocycles. The fraction of sp³-hybridized carbons (Fsp3) is 0.545. The molecule has 0 spiro atoms. The van der Waals surface area contributed by atoms with Crippen LogP contribution in [0.3, 0.4) is 0 Å². The molecule has 0 saturated carbocycles. The first-order valence-electron chi connectivity index (χ1n) is 5.93. The van der Waals surface area contributed by atoms with Crippen LogP contribution in [-0.4, -0.2) is 57.4 Å². The number of ether oxygens (including phenoxy) is 2. The molecule has 1 fully saturated rings. The van der Waals surface area contributed by atoms with Crippen LogP contribution in [0.5, 0.6) is 0 Å². The highest BCUT2D eigenvalue weighted by Crippen LogP contribution is 2.40. The summed E-state index contributed by atoms with van der Waals surface area (Å²) >= 11 is 17.8. The van der Waals surface area contributed by atoms with E-state index in [4.69, 9.17) is 45.3 Å². The number of halogens is 3. The minimum absolute atomic E-state index is 0.0123. The number of rotatable bonds is 3. The second-order valence-corrected chi connectivity index (χ2v) is 8.07. The summed E-state index contributed by atoms with van der Waals surface area (Å²) in [5.74, 6) is -2.01. The average molecular weight is 390 g/mol. The van der Waals surface area contributed by atoms with Crippen molar-refractivity contribution in [2.24, 2.45) is 5.73 Å². The van der Waals surface area contributed by atoms with Crippen LogP contribution in [0.25, 0.3) is 0 Å². The summed E-state index contributed by atoms with van der Waals surface area (Å²) in [7, 11) is 1.17. The predicted octanol–water partition coefficient (Wildman–Crippen LogP) is 0.569. The fourth-order valence-corrected chi connectivity index (χ4v) is 3.44. The molecule has 22 heavy (non-hydrogen) atoms. The molecule has 7 nitrogen and oxygen atoms in total. The highest BCUT2D eigenvalue weighted by atomic mass is 35.6. The summed E-state index contributed by atoms with van der Waals surface area (Å²) < 4.78 is 7.68. The Kier molecular flexibility index (Phi) is 5.18. The third kappa shape index (κ3) is 3.30. The van der Waals surface area contributed by atoms with E-state index in [1.54, 1.807) is 0 Å². The zero-order chi connectivity index (χ0) is 16.7. The van der Waals surface area contributed by atoms with Crippen molar-refractivity contribution in [2.75, 3.05) is 19.5 Å². The third-order valence-electron chi connectivity index (χ3n) is 3.00. The molecular formula is C11H11Cl3N2O5S. The molecule has 2 aliphatic heterocycles. The summed E-state index contributed by atoms with van der Waals surface area (Å²) in [6, 6.07) is -0.736. The van der Waals surface area contributed by atoms with E-state index in [9.17, 15) is 14.4 Å². The second-order valence-electron chi connectivity index (χ2n) is 4.45. The molecule has 2 N–H and O–H groups in total. The highest BCUT2D eigenvalue weighted by molar-refractivity contribution is 8.00. The monoisotopic (exact) mass is 388 g/mol. The zero-order valence-corrected chi connectivity index (χ0v) is 14.3. The standard InChI is InChI=1S/C11H11Cl3N2O5S/c1-20-9(18)4-2-22-8-5(15)7(17)16(8)6(4)10(19)21-3-11(12,13)14/h5,8H,2-3,15H2,1H3/t5?,8-/m1/s1. The van der Waals surface area contributed by atoms with Gasteiger partial charge in [0.2, 0.25) is 9.70 Å². The first-order chi connectivity index (χ1) is 10.2. The zero-order valence-electron chi connectivity index (χ0n) is 11.2. The molecule has 0 bridgehead atoms. The van der Waals surface area contributed by atoms with E-state index in [1.807, 2.05) is 0 Å². The van der Waals surface area contributed by atoms with Crippen LogP contribution in [0.2, 0.25) is 0 Å². The minimum atomic E-state index is -1.81. The van der Waals surface area contributed by atoms with Crippen molar-refractivity contribution in [3.05, 3.63) is 11.3 Å². The van der Waals surface area contributed by atoms with Gasteiger partial charge in [0, 0.05) is 5.75 Å². The van der Waals surface area contributed by atoms with Gasteiger partial charge in [-0.25, -0.2) is 9.59 Å². The average Bonchev–Trinajstić information content (AvgIpc) is 2.48. The SMILES string of the molecule is COC(=O)C1=C(C(=O)OCC(Cl)(Cl)Cl)N2C(=O)C(N)[C@H]2SC1. The number of hydrogen-bond donors (Lipinski definition) is 1. The van der Waals surface area contributed by atoms with Crippen LogP contribution < -0.4 is 5.73 Å². The van der Waals surface area contributed by atoms with Crippen molar-refractivity contribution in [3.63, 3.8) is 0 Å². The van der Waals surface area contributed by atoms with Crippen LogP contribution in [0, 0.1) is 0 Å². The van der Waals surface area contributed by atoms with Crippen LogP contribution in [0.4, 0.5) is 0 Å². The summed E-state index contributed by atoms with van der Waals surface area (Å²) in [4.78, 5) is 37.0. The summed E-state index contributed by atoms with van der Waals surface area (Å²) in [5.41, 5.74) is 5.47. The highest BCUT2D eigenvalue weighted by Gasteiger charge is 2.53. The number of nitrogens with zero attached hydrogens (tertiary/aromatic N) is 1. The van der Waals surface area contributed by atoms with Gasteiger partial charge in [0.1, 0.15) is 23.7 Å². The van der Waals surface area contributed by atoms with Crippen LogP contribution in [0.15, 0.2) is 11.3 Å². The molecular weight excluding hydrogens is 379 g/mol. The Balaban J connectivity index is 2.30. The number of amides is 1. The largest absolute Gasteiger partial charge is 0.466 e. The molecule has 0 aliphatic carbocycles. The maximum absolute atomic E-state index is 12.2. The number of esters is 2. The lowest BCUT2D eigenvalue weighted by atomic mass is 10.0. The molecule has 1 unspecified atom stereocenters. The van der Waals surface area contributed by atoms with Gasteiger partial charge in [-0.05, 0) is 0 Å². The Morgan fingerprint density at radius 1 is 1.41 bits per heavy atom. The normalized spacial score (nSPS) is 24.6. The number of methoxy groups -OCH3 is 1. The van der Waals surface area contributed by atoms with E-state index >= 15 is 0 Å². The molecule has 11 heteroatoms. The molecule has 2 atom stereocenters. The number of thioether (sulfide) groups is 1.